The molecule has 1 aromatic carbocycles. The number of nitrogens with zero attached hydrogens (tertiary/aromatic N) is 2. The number of ether oxygens (including phenoxy) is 1. The molecule has 1 aliphatic rings. The summed E-state index contributed by atoms with van der Waals surface area (Å²) in [5, 5.41) is 0.619. The van der Waals surface area contributed by atoms with Gasteiger partial charge in [0.05, 0.1) is 6.10 Å². The first-order valence-corrected chi connectivity index (χ1v) is 8.32. The Labute approximate surface area is 152 Å². The fourth-order valence-electron chi connectivity index (χ4n) is 2.72. The molecule has 25 heavy (non-hydrogen) atoms. The van der Waals surface area contributed by atoms with Gasteiger partial charge in [0.15, 0.2) is 0 Å². The zero-order valence-corrected chi connectivity index (χ0v) is 15.5. The highest BCUT2D eigenvalue weighted by atomic mass is 35.5. The maximum absolute atomic E-state index is 12.4. The molecule has 0 N–H and O–H groups in total. The van der Waals surface area contributed by atoms with Crippen molar-refractivity contribution < 1.29 is 19.1 Å². The van der Waals surface area contributed by atoms with Gasteiger partial charge in [-0.25, -0.2) is 4.79 Å². The van der Waals surface area contributed by atoms with Crippen molar-refractivity contribution in [3.63, 3.8) is 0 Å². The maximum Gasteiger partial charge on any atom is 0.333 e. The van der Waals surface area contributed by atoms with Crippen LogP contribution in [0.25, 0.3) is 0 Å². The lowest BCUT2D eigenvalue weighted by Crippen LogP contribution is -2.53. The van der Waals surface area contributed by atoms with E-state index >= 15 is 0 Å². The van der Waals surface area contributed by atoms with Gasteiger partial charge in [-0.2, -0.15) is 0 Å². The molecule has 7 heteroatoms. The van der Waals surface area contributed by atoms with Gasteiger partial charge in [0, 0.05) is 25.7 Å². The average molecular weight is 365 g/mol. The van der Waals surface area contributed by atoms with Crippen molar-refractivity contribution in [2.45, 2.75) is 26.4 Å². The van der Waals surface area contributed by atoms with Crippen LogP contribution in [0.5, 0.6) is 0 Å². The Hall–Kier alpha value is -2.18. The number of hydrogen-bond donors (Lipinski definition) is 0. The Morgan fingerprint density at radius 3 is 2.08 bits per heavy atom. The summed E-state index contributed by atoms with van der Waals surface area (Å²) in [7, 11) is 2.72. The normalized spacial score (nSPS) is 16.5. The Bertz CT molecular complexity index is 701. The van der Waals surface area contributed by atoms with E-state index in [2.05, 4.69) is 0 Å². The average Bonchev–Trinajstić information content (AvgIpc) is 2.59. The van der Waals surface area contributed by atoms with Crippen LogP contribution in [0.1, 0.15) is 31.9 Å². The summed E-state index contributed by atoms with van der Waals surface area (Å²) in [4.78, 5) is 38.5. The van der Waals surface area contributed by atoms with Crippen molar-refractivity contribution >= 4 is 29.4 Å². The molecule has 1 aromatic rings. The van der Waals surface area contributed by atoms with Crippen LogP contribution >= 0.6 is 11.6 Å². The van der Waals surface area contributed by atoms with Gasteiger partial charge in [0.1, 0.15) is 5.57 Å². The lowest BCUT2D eigenvalue weighted by molar-refractivity contribution is -0.134. The van der Waals surface area contributed by atoms with Gasteiger partial charge in [0.2, 0.25) is 0 Å². The molecule has 1 saturated heterocycles. The van der Waals surface area contributed by atoms with E-state index in [0.717, 1.165) is 15.4 Å². The number of rotatable bonds is 5. The second-order valence-electron chi connectivity index (χ2n) is 5.87. The van der Waals surface area contributed by atoms with Gasteiger partial charge < -0.3 is 4.74 Å². The maximum atomic E-state index is 12.4. The van der Waals surface area contributed by atoms with Crippen LogP contribution in [-0.2, 0) is 14.3 Å². The molecule has 2 rings (SSSR count). The quantitative estimate of drug-likeness (QED) is 0.594. The van der Waals surface area contributed by atoms with Gasteiger partial charge in [-0.05, 0) is 38.0 Å². The summed E-state index contributed by atoms with van der Waals surface area (Å²) >= 11 is 5.92. The predicted molar refractivity (Wildman–Crippen MR) is 94.1 cm³/mol. The number of amides is 4. The van der Waals surface area contributed by atoms with Crippen molar-refractivity contribution in [3.8, 4) is 0 Å². The van der Waals surface area contributed by atoms with E-state index in [9.17, 15) is 14.4 Å². The highest BCUT2D eigenvalue weighted by Gasteiger charge is 2.39. The molecule has 1 aliphatic heterocycles. The number of carbonyl (C=O) groups is 3. The zero-order chi connectivity index (χ0) is 18.7. The molecule has 134 valence electrons. The van der Waals surface area contributed by atoms with Crippen molar-refractivity contribution in [2.75, 3.05) is 20.7 Å². The van der Waals surface area contributed by atoms with Crippen LogP contribution in [0, 0.1) is 0 Å². The van der Waals surface area contributed by atoms with Gasteiger partial charge in [-0.1, -0.05) is 29.3 Å². The summed E-state index contributed by atoms with van der Waals surface area (Å²) in [5.41, 5.74) is 1.50. The van der Waals surface area contributed by atoms with E-state index in [1.165, 1.54) is 14.1 Å². The van der Waals surface area contributed by atoms with Crippen LogP contribution < -0.4 is 0 Å². The number of imide groups is 2. The molecule has 0 bridgehead atoms. The number of benzene rings is 1. The number of likely N-dealkylation sites (N-methyl/N-ethyl adjacent to an activating group) is 2. The first kappa shape index (κ1) is 19.1. The Morgan fingerprint density at radius 1 is 1.08 bits per heavy atom. The van der Waals surface area contributed by atoms with Gasteiger partial charge in [-0.15, -0.1) is 0 Å². The van der Waals surface area contributed by atoms with Crippen LogP contribution in [0.4, 0.5) is 4.79 Å². The third kappa shape index (κ3) is 3.91. The second kappa shape index (κ2) is 7.80. The first-order valence-electron chi connectivity index (χ1n) is 7.94. The third-order valence-electron chi connectivity index (χ3n) is 4.14. The smallest absolute Gasteiger partial charge is 0.333 e. The number of halogens is 1. The zero-order valence-electron chi connectivity index (χ0n) is 14.7. The van der Waals surface area contributed by atoms with E-state index in [-0.39, 0.29) is 11.7 Å². The molecule has 0 radical (unpaired) electrons. The standard InChI is InChI=1S/C18H21ClN2O4/c1-5-25-14(12-6-8-13(19)9-7-12)10-11(2)15-16(22)20(3)18(24)21(4)17(15)23/h6-9,14H,5,10H2,1-4H3. The summed E-state index contributed by atoms with van der Waals surface area (Å²) in [6.07, 6.45) is 0.0432. The molecule has 0 saturated carbocycles. The minimum Gasteiger partial charge on any atom is -0.373 e. The first-order chi connectivity index (χ1) is 11.8. The van der Waals surface area contributed by atoms with Gasteiger partial charge in [0.25, 0.3) is 11.8 Å². The molecular formula is C18H21ClN2O4. The van der Waals surface area contributed by atoms with Crippen LogP contribution in [0.2, 0.25) is 5.02 Å². The number of hydrogen-bond acceptors (Lipinski definition) is 4. The van der Waals surface area contributed by atoms with E-state index in [4.69, 9.17) is 16.3 Å². The van der Waals surface area contributed by atoms with E-state index in [1.807, 2.05) is 19.1 Å². The highest BCUT2D eigenvalue weighted by molar-refractivity contribution is 6.30. The lowest BCUT2D eigenvalue weighted by Gasteiger charge is -2.30. The summed E-state index contributed by atoms with van der Waals surface area (Å²) in [5.74, 6) is -1.17. The molecule has 1 atom stereocenters. The molecule has 0 aliphatic carbocycles. The van der Waals surface area contributed by atoms with Crippen LogP contribution in [-0.4, -0.2) is 48.3 Å². The Balaban J connectivity index is 2.35. The predicted octanol–water partition coefficient (Wildman–Crippen LogP) is 3.17. The van der Waals surface area contributed by atoms with Gasteiger partial charge in [-0.3, -0.25) is 19.4 Å². The fraction of sp³-hybridized carbons (Fsp3) is 0.389. The largest absolute Gasteiger partial charge is 0.373 e. The minimum atomic E-state index is -0.634. The number of urea groups is 1. The lowest BCUT2D eigenvalue weighted by atomic mass is 9.96. The SMILES string of the molecule is CCOC(CC(C)=C1C(=O)N(C)C(=O)N(C)C1=O)c1ccc(Cl)cc1. The van der Waals surface area contributed by atoms with Crippen LogP contribution in [0.3, 0.4) is 0 Å². The monoisotopic (exact) mass is 364 g/mol. The molecule has 1 heterocycles. The Morgan fingerprint density at radius 2 is 1.60 bits per heavy atom. The summed E-state index contributed by atoms with van der Waals surface area (Å²) < 4.78 is 5.78. The third-order valence-corrected chi connectivity index (χ3v) is 4.39. The molecule has 0 aromatic heterocycles. The van der Waals surface area contributed by atoms with Crippen molar-refractivity contribution in [1.82, 2.24) is 9.80 Å². The van der Waals surface area contributed by atoms with Gasteiger partial charge >= 0.3 is 6.03 Å². The molecule has 4 amide bonds. The summed E-state index contributed by atoms with van der Waals surface area (Å²) in [6.45, 7) is 4.07. The Kier molecular flexibility index (Phi) is 5.98. The molecule has 6 nitrogen and oxygen atoms in total. The molecule has 0 spiro atoms. The molecule has 1 fully saturated rings. The minimum absolute atomic E-state index is 0.0169. The van der Waals surface area contributed by atoms with Crippen molar-refractivity contribution in [2.24, 2.45) is 0 Å². The van der Waals surface area contributed by atoms with E-state index in [1.54, 1.807) is 19.1 Å². The summed E-state index contributed by atoms with van der Waals surface area (Å²) in [6, 6.07) is 6.61. The van der Waals surface area contributed by atoms with E-state index < -0.39 is 17.8 Å². The molecular weight excluding hydrogens is 344 g/mol. The van der Waals surface area contributed by atoms with Crippen molar-refractivity contribution in [1.29, 1.82) is 0 Å². The second-order valence-corrected chi connectivity index (χ2v) is 6.30. The topological polar surface area (TPSA) is 66.9 Å². The molecule has 1 unspecified atom stereocenters. The van der Waals surface area contributed by atoms with E-state index in [0.29, 0.717) is 23.6 Å². The van der Waals surface area contributed by atoms with Crippen molar-refractivity contribution in [3.05, 3.63) is 46.0 Å². The fourth-order valence-corrected chi connectivity index (χ4v) is 2.85. The van der Waals surface area contributed by atoms with Crippen LogP contribution in [0.15, 0.2) is 35.4 Å². The number of carbonyl (C=O) groups excluding carboxylic acids is 3. The highest BCUT2D eigenvalue weighted by Crippen LogP contribution is 2.29. The number of barbiturate groups is 1.